The number of tetrazole rings is 1. The monoisotopic (exact) mass is 357 g/mol. The lowest BCUT2D eigenvalue weighted by molar-refractivity contribution is -0.933. The van der Waals surface area contributed by atoms with E-state index >= 15 is 0 Å². The summed E-state index contributed by atoms with van der Waals surface area (Å²) in [5.41, 5.74) is 3.99. The maximum absolute atomic E-state index is 4.40. The largest absolute Gasteiger partial charge is 0.360 e. The van der Waals surface area contributed by atoms with Crippen molar-refractivity contribution in [3.8, 4) is 0 Å². The van der Waals surface area contributed by atoms with E-state index in [-0.39, 0.29) is 5.54 Å². The van der Waals surface area contributed by atoms with Crippen LogP contribution in [-0.2, 0) is 5.54 Å². The Labute approximate surface area is 157 Å². The second-order valence-corrected chi connectivity index (χ2v) is 8.52. The highest BCUT2D eigenvalue weighted by molar-refractivity contribution is 5.55. The van der Waals surface area contributed by atoms with E-state index in [1.54, 1.807) is 4.90 Å². The van der Waals surface area contributed by atoms with E-state index in [1.807, 2.05) is 4.68 Å². The van der Waals surface area contributed by atoms with Crippen LogP contribution in [-0.4, -0.2) is 46.4 Å². The predicted octanol–water partition coefficient (Wildman–Crippen LogP) is 1.90. The van der Waals surface area contributed by atoms with Crippen LogP contribution in [0.4, 0.5) is 5.69 Å². The van der Waals surface area contributed by atoms with E-state index in [0.717, 1.165) is 38.4 Å². The summed E-state index contributed by atoms with van der Waals surface area (Å²) in [6, 6.07) is 7.10. The van der Waals surface area contributed by atoms with Gasteiger partial charge in [0.05, 0.1) is 31.7 Å². The lowest BCUT2D eigenvalue weighted by Crippen LogP contribution is -3.15. The average Bonchev–Trinajstić information content (AvgIpc) is 3.08. The zero-order valence-corrected chi connectivity index (χ0v) is 17.1. The van der Waals surface area contributed by atoms with Gasteiger partial charge >= 0.3 is 0 Å². The molecule has 26 heavy (non-hydrogen) atoms. The normalized spacial score (nSPS) is 17.5. The van der Waals surface area contributed by atoms with Crippen molar-refractivity contribution in [2.45, 2.75) is 59.5 Å². The minimum atomic E-state index is -0.0911. The summed E-state index contributed by atoms with van der Waals surface area (Å²) < 4.78 is 2.01. The molecule has 6 nitrogen and oxygen atoms in total. The summed E-state index contributed by atoms with van der Waals surface area (Å²) in [6.45, 7) is 17.5. The van der Waals surface area contributed by atoms with E-state index in [4.69, 9.17) is 0 Å². The summed E-state index contributed by atoms with van der Waals surface area (Å²) in [4.78, 5) is 4.13. The second kappa shape index (κ2) is 7.35. The fourth-order valence-electron chi connectivity index (χ4n) is 3.99. The number of rotatable bonds is 4. The average molecular weight is 358 g/mol. The maximum atomic E-state index is 4.40. The van der Waals surface area contributed by atoms with Gasteiger partial charge < -0.3 is 9.80 Å². The molecule has 0 bridgehead atoms. The summed E-state index contributed by atoms with van der Waals surface area (Å²) in [6.07, 6.45) is 1.05. The molecule has 1 aromatic carbocycles. The van der Waals surface area contributed by atoms with Crippen LogP contribution in [0, 0.1) is 13.8 Å². The fourth-order valence-corrected chi connectivity index (χ4v) is 3.99. The van der Waals surface area contributed by atoms with E-state index in [2.05, 4.69) is 80.2 Å². The molecule has 1 aliphatic rings. The van der Waals surface area contributed by atoms with Crippen LogP contribution >= 0.6 is 0 Å². The maximum Gasteiger partial charge on any atom is 0.209 e. The molecule has 2 heterocycles. The number of anilines is 1. The second-order valence-electron chi connectivity index (χ2n) is 8.52. The van der Waals surface area contributed by atoms with Crippen LogP contribution in [0.25, 0.3) is 0 Å². The van der Waals surface area contributed by atoms with Gasteiger partial charge in [-0.25, -0.2) is 4.68 Å². The third-order valence-corrected chi connectivity index (χ3v) is 5.45. The first-order valence-corrected chi connectivity index (χ1v) is 9.76. The molecule has 0 aliphatic carbocycles. The SMILES string of the molecule is CC[C@H](c1nnnn1C(C)(C)C)[NH+]1CCN(c2cc(C)ccc2C)CC1. The molecule has 0 amide bonds. The number of benzene rings is 1. The van der Waals surface area contributed by atoms with Gasteiger partial charge in [0, 0.05) is 12.1 Å². The molecule has 142 valence electrons. The van der Waals surface area contributed by atoms with Gasteiger partial charge in [0.25, 0.3) is 0 Å². The summed E-state index contributed by atoms with van der Waals surface area (Å²) in [5, 5.41) is 12.6. The number of piperazine rings is 1. The number of aromatic nitrogens is 4. The minimum Gasteiger partial charge on any atom is -0.360 e. The highest BCUT2D eigenvalue weighted by Gasteiger charge is 2.34. The molecule has 0 spiro atoms. The number of hydrogen-bond acceptors (Lipinski definition) is 4. The van der Waals surface area contributed by atoms with Crippen molar-refractivity contribution >= 4 is 5.69 Å². The third kappa shape index (κ3) is 3.75. The standard InChI is InChI=1S/C20H32N6/c1-7-17(19-21-22-23-26(19)20(4,5)6)24-10-12-25(13-11-24)18-14-15(2)8-9-16(18)3/h8-9,14,17H,7,10-13H2,1-6H3/p+1/t17-/m1/s1. The third-order valence-electron chi connectivity index (χ3n) is 5.45. The molecule has 0 unspecified atom stereocenters. The molecule has 1 N–H and O–H groups in total. The lowest BCUT2D eigenvalue weighted by atomic mass is 10.1. The van der Waals surface area contributed by atoms with Crippen LogP contribution in [0.3, 0.4) is 0 Å². The molecular weight excluding hydrogens is 324 g/mol. The summed E-state index contributed by atoms with van der Waals surface area (Å²) in [5.74, 6) is 1.02. The van der Waals surface area contributed by atoms with Crippen molar-refractivity contribution < 1.29 is 4.90 Å². The van der Waals surface area contributed by atoms with Crippen LogP contribution in [0.5, 0.6) is 0 Å². The molecule has 3 rings (SSSR count). The first-order chi connectivity index (χ1) is 12.3. The zero-order valence-electron chi connectivity index (χ0n) is 17.1. The fraction of sp³-hybridized carbons (Fsp3) is 0.650. The quantitative estimate of drug-likeness (QED) is 0.908. The highest BCUT2D eigenvalue weighted by Crippen LogP contribution is 2.22. The zero-order chi connectivity index (χ0) is 18.9. The minimum absolute atomic E-state index is 0.0911. The van der Waals surface area contributed by atoms with Gasteiger partial charge in [0.15, 0.2) is 0 Å². The predicted molar refractivity (Wildman–Crippen MR) is 105 cm³/mol. The molecule has 1 saturated heterocycles. The Kier molecular flexibility index (Phi) is 5.32. The van der Waals surface area contributed by atoms with Crippen molar-refractivity contribution in [3.05, 3.63) is 35.2 Å². The molecule has 0 radical (unpaired) electrons. The van der Waals surface area contributed by atoms with Gasteiger partial charge in [-0.3, -0.25) is 0 Å². The summed E-state index contributed by atoms with van der Waals surface area (Å²) >= 11 is 0. The van der Waals surface area contributed by atoms with Crippen LogP contribution in [0.1, 0.15) is 57.1 Å². The first-order valence-electron chi connectivity index (χ1n) is 9.76. The molecule has 0 saturated carbocycles. The number of hydrogen-bond donors (Lipinski definition) is 1. The lowest BCUT2D eigenvalue weighted by Gasteiger charge is -2.38. The van der Waals surface area contributed by atoms with Crippen LogP contribution in [0.15, 0.2) is 18.2 Å². The Morgan fingerprint density at radius 1 is 1.15 bits per heavy atom. The number of quaternary nitrogens is 1. The molecular formula is C20H33N6+. The van der Waals surface area contributed by atoms with Gasteiger partial charge in [0.1, 0.15) is 6.04 Å². The van der Waals surface area contributed by atoms with Gasteiger partial charge in [-0.1, -0.05) is 19.1 Å². The Bertz CT molecular complexity index is 737. The topological polar surface area (TPSA) is 51.3 Å². The van der Waals surface area contributed by atoms with Crippen molar-refractivity contribution in [1.82, 2.24) is 20.2 Å². The Morgan fingerprint density at radius 3 is 2.46 bits per heavy atom. The van der Waals surface area contributed by atoms with Crippen molar-refractivity contribution in [2.24, 2.45) is 0 Å². The number of aryl methyl sites for hydroxylation is 2. The van der Waals surface area contributed by atoms with Gasteiger partial charge in [-0.2, -0.15) is 0 Å². The molecule has 1 aromatic heterocycles. The molecule has 1 fully saturated rings. The molecule has 2 aromatic rings. The smallest absolute Gasteiger partial charge is 0.209 e. The molecule has 6 heteroatoms. The number of nitrogens with zero attached hydrogens (tertiary/aromatic N) is 5. The van der Waals surface area contributed by atoms with Gasteiger partial charge in [0.2, 0.25) is 5.82 Å². The van der Waals surface area contributed by atoms with Crippen LogP contribution < -0.4 is 9.80 Å². The van der Waals surface area contributed by atoms with Gasteiger partial charge in [-0.15, -0.1) is 5.10 Å². The van der Waals surface area contributed by atoms with E-state index in [9.17, 15) is 0 Å². The molecule has 1 aliphatic heterocycles. The highest BCUT2D eigenvalue weighted by atomic mass is 15.6. The summed E-state index contributed by atoms with van der Waals surface area (Å²) in [7, 11) is 0. The number of nitrogens with one attached hydrogen (secondary N) is 1. The van der Waals surface area contributed by atoms with E-state index in [1.165, 1.54) is 16.8 Å². The van der Waals surface area contributed by atoms with E-state index in [0.29, 0.717) is 6.04 Å². The van der Waals surface area contributed by atoms with Crippen molar-refractivity contribution in [3.63, 3.8) is 0 Å². The van der Waals surface area contributed by atoms with E-state index < -0.39 is 0 Å². The van der Waals surface area contributed by atoms with Crippen LogP contribution in [0.2, 0.25) is 0 Å². The van der Waals surface area contributed by atoms with Gasteiger partial charge in [-0.05, 0) is 62.2 Å². The van der Waals surface area contributed by atoms with Crippen molar-refractivity contribution in [1.29, 1.82) is 0 Å². The van der Waals surface area contributed by atoms with Crippen molar-refractivity contribution in [2.75, 3.05) is 31.1 Å². The first kappa shape index (κ1) is 18.8. The Hall–Kier alpha value is -1.95. The molecule has 1 atom stereocenters. The Balaban J connectivity index is 1.74. The Morgan fingerprint density at radius 2 is 1.85 bits per heavy atom.